The van der Waals surface area contributed by atoms with E-state index >= 15 is 0 Å². The van der Waals surface area contributed by atoms with E-state index in [0.717, 1.165) is 0 Å². The molecule has 0 atom stereocenters. The monoisotopic (exact) mass is 380 g/mol. The van der Waals surface area contributed by atoms with Gasteiger partial charge in [-0.05, 0) is 31.2 Å². The van der Waals surface area contributed by atoms with E-state index < -0.39 is 29.2 Å². The van der Waals surface area contributed by atoms with Gasteiger partial charge in [0.15, 0.2) is 5.69 Å². The first kappa shape index (κ1) is 18.8. The van der Waals surface area contributed by atoms with Crippen LogP contribution in [0.2, 0.25) is 0 Å². The van der Waals surface area contributed by atoms with E-state index in [9.17, 15) is 24.6 Å². The lowest BCUT2D eigenvalue weighted by Gasteiger charge is -2.09. The second-order valence-electron chi connectivity index (χ2n) is 5.73. The quantitative estimate of drug-likeness (QED) is 0.631. The molecule has 1 aromatic heterocycles. The SMILES string of the molecule is CCOC(=O)c1ccc(-n2nc(C(=O)O)c(C(=O)O)c2-c2ccccc2)cc1. The minimum atomic E-state index is -1.45. The second-order valence-corrected chi connectivity index (χ2v) is 5.73. The number of esters is 1. The molecule has 8 heteroatoms. The number of aromatic nitrogens is 2. The molecule has 0 unspecified atom stereocenters. The summed E-state index contributed by atoms with van der Waals surface area (Å²) in [5.41, 5.74) is 0.371. The molecule has 0 bridgehead atoms. The van der Waals surface area contributed by atoms with Gasteiger partial charge in [-0.15, -0.1) is 0 Å². The molecular formula is C20H16N2O6. The van der Waals surface area contributed by atoms with Gasteiger partial charge >= 0.3 is 17.9 Å². The molecule has 0 radical (unpaired) electrons. The molecule has 0 fully saturated rings. The van der Waals surface area contributed by atoms with Crippen LogP contribution >= 0.6 is 0 Å². The van der Waals surface area contributed by atoms with Crippen LogP contribution in [0, 0.1) is 0 Å². The Bertz CT molecular complexity index is 1040. The smallest absolute Gasteiger partial charge is 0.357 e. The summed E-state index contributed by atoms with van der Waals surface area (Å²) in [5.74, 6) is -3.34. The number of hydrogen-bond acceptors (Lipinski definition) is 5. The van der Waals surface area contributed by atoms with Crippen molar-refractivity contribution in [2.24, 2.45) is 0 Å². The molecule has 0 aliphatic heterocycles. The first-order valence-electron chi connectivity index (χ1n) is 8.36. The second kappa shape index (κ2) is 7.75. The first-order valence-corrected chi connectivity index (χ1v) is 8.36. The highest BCUT2D eigenvalue weighted by atomic mass is 16.5. The van der Waals surface area contributed by atoms with Crippen LogP contribution < -0.4 is 0 Å². The maximum Gasteiger partial charge on any atom is 0.357 e. The van der Waals surface area contributed by atoms with Gasteiger partial charge in [-0.1, -0.05) is 30.3 Å². The van der Waals surface area contributed by atoms with E-state index in [1.54, 1.807) is 49.4 Å². The van der Waals surface area contributed by atoms with E-state index in [2.05, 4.69) is 5.10 Å². The number of carbonyl (C=O) groups is 3. The highest BCUT2D eigenvalue weighted by Crippen LogP contribution is 2.29. The van der Waals surface area contributed by atoms with Crippen molar-refractivity contribution in [1.29, 1.82) is 0 Å². The Morgan fingerprint density at radius 3 is 2.14 bits per heavy atom. The summed E-state index contributed by atoms with van der Waals surface area (Å²) in [6, 6.07) is 14.6. The van der Waals surface area contributed by atoms with Crippen molar-refractivity contribution >= 4 is 17.9 Å². The lowest BCUT2D eigenvalue weighted by molar-refractivity contribution is 0.0525. The standard InChI is InChI=1S/C20H16N2O6/c1-2-28-20(27)13-8-10-14(11-9-13)22-17(12-6-4-3-5-7-12)15(18(23)24)16(21-22)19(25)26/h3-11H,2H2,1H3,(H,23,24)(H,25,26). The third kappa shape index (κ3) is 3.48. The maximum atomic E-state index is 11.8. The van der Waals surface area contributed by atoms with Gasteiger partial charge in [0, 0.05) is 5.56 Å². The Morgan fingerprint density at radius 2 is 1.61 bits per heavy atom. The Hall–Kier alpha value is -3.94. The molecule has 0 amide bonds. The molecule has 1 heterocycles. The Labute approximate surface area is 159 Å². The highest BCUT2D eigenvalue weighted by Gasteiger charge is 2.29. The number of carboxylic acid groups (broad SMARTS) is 2. The molecule has 2 N–H and O–H groups in total. The van der Waals surface area contributed by atoms with Crippen molar-refractivity contribution in [2.45, 2.75) is 6.92 Å². The molecule has 0 saturated heterocycles. The molecule has 3 aromatic rings. The zero-order valence-electron chi connectivity index (χ0n) is 14.8. The van der Waals surface area contributed by atoms with Crippen LogP contribution in [0.1, 0.15) is 38.1 Å². The lowest BCUT2D eigenvalue weighted by Crippen LogP contribution is -2.07. The largest absolute Gasteiger partial charge is 0.478 e. The molecule has 142 valence electrons. The summed E-state index contributed by atoms with van der Waals surface area (Å²) < 4.78 is 6.18. The van der Waals surface area contributed by atoms with E-state index in [1.807, 2.05) is 0 Å². The zero-order valence-corrected chi connectivity index (χ0v) is 14.8. The Balaban J connectivity index is 2.20. The average molecular weight is 380 g/mol. The molecule has 3 rings (SSSR count). The van der Waals surface area contributed by atoms with E-state index in [-0.39, 0.29) is 12.3 Å². The fourth-order valence-electron chi connectivity index (χ4n) is 2.77. The highest BCUT2D eigenvalue weighted by molar-refractivity contribution is 6.05. The Kier molecular flexibility index (Phi) is 5.21. The number of ether oxygens (including phenoxy) is 1. The zero-order chi connectivity index (χ0) is 20.3. The van der Waals surface area contributed by atoms with Crippen LogP contribution in [0.5, 0.6) is 0 Å². The molecule has 2 aromatic carbocycles. The molecule has 8 nitrogen and oxygen atoms in total. The fraction of sp³-hybridized carbons (Fsp3) is 0.100. The number of benzene rings is 2. The summed E-state index contributed by atoms with van der Waals surface area (Å²) in [6.07, 6.45) is 0. The van der Waals surface area contributed by atoms with Crippen molar-refractivity contribution < 1.29 is 29.3 Å². The van der Waals surface area contributed by atoms with Crippen molar-refractivity contribution in [3.63, 3.8) is 0 Å². The van der Waals surface area contributed by atoms with E-state index in [0.29, 0.717) is 16.8 Å². The van der Waals surface area contributed by atoms with Crippen LogP contribution in [-0.4, -0.2) is 44.5 Å². The van der Waals surface area contributed by atoms with Gasteiger partial charge in [0.2, 0.25) is 0 Å². The van der Waals surface area contributed by atoms with Crippen LogP contribution in [-0.2, 0) is 4.74 Å². The molecule has 0 aliphatic rings. The van der Waals surface area contributed by atoms with Gasteiger partial charge in [0.05, 0.1) is 23.6 Å². The predicted molar refractivity (Wildman–Crippen MR) is 98.9 cm³/mol. The molecule has 0 saturated carbocycles. The molecular weight excluding hydrogens is 364 g/mol. The van der Waals surface area contributed by atoms with Crippen LogP contribution in [0.3, 0.4) is 0 Å². The Morgan fingerprint density at radius 1 is 0.964 bits per heavy atom. The average Bonchev–Trinajstić information content (AvgIpc) is 3.10. The van der Waals surface area contributed by atoms with Crippen molar-refractivity contribution in [3.8, 4) is 16.9 Å². The topological polar surface area (TPSA) is 119 Å². The van der Waals surface area contributed by atoms with Gasteiger partial charge in [-0.3, -0.25) is 0 Å². The number of carboxylic acids is 2. The number of carbonyl (C=O) groups excluding carboxylic acids is 1. The minimum Gasteiger partial charge on any atom is -0.478 e. The van der Waals surface area contributed by atoms with Gasteiger partial charge in [0.1, 0.15) is 5.56 Å². The maximum absolute atomic E-state index is 11.8. The summed E-state index contributed by atoms with van der Waals surface area (Å²) in [4.78, 5) is 35.2. The summed E-state index contributed by atoms with van der Waals surface area (Å²) in [6.45, 7) is 1.94. The van der Waals surface area contributed by atoms with Gasteiger partial charge in [-0.2, -0.15) is 5.10 Å². The first-order chi connectivity index (χ1) is 13.4. The van der Waals surface area contributed by atoms with Crippen molar-refractivity contribution in [1.82, 2.24) is 9.78 Å². The van der Waals surface area contributed by atoms with Crippen molar-refractivity contribution in [2.75, 3.05) is 6.61 Å². The van der Waals surface area contributed by atoms with E-state index in [4.69, 9.17) is 4.74 Å². The van der Waals surface area contributed by atoms with Gasteiger partial charge < -0.3 is 14.9 Å². The summed E-state index contributed by atoms with van der Waals surface area (Å²) in [7, 11) is 0. The number of rotatable bonds is 6. The third-order valence-corrected chi connectivity index (χ3v) is 3.97. The molecule has 0 spiro atoms. The van der Waals surface area contributed by atoms with Crippen LogP contribution in [0.4, 0.5) is 0 Å². The summed E-state index contributed by atoms with van der Waals surface area (Å²) >= 11 is 0. The molecule has 28 heavy (non-hydrogen) atoms. The predicted octanol–water partition coefficient (Wildman–Crippen LogP) is 3.11. The van der Waals surface area contributed by atoms with Crippen LogP contribution in [0.15, 0.2) is 54.6 Å². The van der Waals surface area contributed by atoms with Gasteiger partial charge in [-0.25, -0.2) is 19.1 Å². The number of nitrogens with zero attached hydrogens (tertiary/aromatic N) is 2. The van der Waals surface area contributed by atoms with Crippen LogP contribution in [0.25, 0.3) is 16.9 Å². The normalized spacial score (nSPS) is 10.5. The minimum absolute atomic E-state index is 0.134. The third-order valence-electron chi connectivity index (χ3n) is 3.97. The molecule has 0 aliphatic carbocycles. The lowest BCUT2D eigenvalue weighted by atomic mass is 10.1. The number of aromatic carboxylic acids is 2. The number of hydrogen-bond donors (Lipinski definition) is 2. The fourth-order valence-corrected chi connectivity index (χ4v) is 2.77. The van der Waals surface area contributed by atoms with E-state index in [1.165, 1.54) is 16.8 Å². The van der Waals surface area contributed by atoms with Gasteiger partial charge in [0.25, 0.3) is 0 Å². The van der Waals surface area contributed by atoms with Crippen molar-refractivity contribution in [3.05, 3.63) is 71.4 Å². The summed E-state index contributed by atoms with van der Waals surface area (Å²) in [5, 5.41) is 23.0.